The van der Waals surface area contributed by atoms with E-state index in [4.69, 9.17) is 4.74 Å². The standard InChI is InChI=1S/C25H30N2O3/c1-19-5-4-6-22(17-19)25(29)27-15-11-20(12-16-27)18-30-23-9-7-21(8-10-23)24(28)26-13-2-3-14-26/h4-10,17,20H,2-3,11-16,18H2,1H3. The number of carbonyl (C=O) groups is 2. The number of aryl methyl sites for hydroxylation is 1. The number of carbonyl (C=O) groups excluding carboxylic acids is 2. The molecule has 0 N–H and O–H groups in total. The summed E-state index contributed by atoms with van der Waals surface area (Å²) >= 11 is 0. The van der Waals surface area contributed by atoms with Crippen molar-refractivity contribution in [2.75, 3.05) is 32.8 Å². The molecule has 0 atom stereocenters. The zero-order valence-corrected chi connectivity index (χ0v) is 17.7. The smallest absolute Gasteiger partial charge is 0.253 e. The molecule has 0 saturated carbocycles. The summed E-state index contributed by atoms with van der Waals surface area (Å²) in [7, 11) is 0. The van der Waals surface area contributed by atoms with Gasteiger partial charge in [0.15, 0.2) is 0 Å². The molecule has 5 nitrogen and oxygen atoms in total. The maximum absolute atomic E-state index is 12.7. The number of likely N-dealkylation sites (tertiary alicyclic amines) is 2. The number of rotatable bonds is 5. The first-order valence-corrected chi connectivity index (χ1v) is 11.0. The van der Waals surface area contributed by atoms with Crippen molar-refractivity contribution in [2.24, 2.45) is 5.92 Å². The summed E-state index contributed by atoms with van der Waals surface area (Å²) in [5, 5.41) is 0. The van der Waals surface area contributed by atoms with Crippen molar-refractivity contribution in [1.29, 1.82) is 0 Å². The number of benzene rings is 2. The van der Waals surface area contributed by atoms with Gasteiger partial charge in [-0.3, -0.25) is 9.59 Å². The second-order valence-corrected chi connectivity index (χ2v) is 8.44. The summed E-state index contributed by atoms with van der Waals surface area (Å²) in [5.74, 6) is 1.48. The van der Waals surface area contributed by atoms with Crippen LogP contribution in [-0.4, -0.2) is 54.4 Å². The number of nitrogens with zero attached hydrogens (tertiary/aromatic N) is 2. The van der Waals surface area contributed by atoms with Gasteiger partial charge in [-0.15, -0.1) is 0 Å². The minimum absolute atomic E-state index is 0.115. The van der Waals surface area contributed by atoms with E-state index in [1.54, 1.807) is 0 Å². The fraction of sp³-hybridized carbons (Fsp3) is 0.440. The Morgan fingerprint density at radius 3 is 2.17 bits per heavy atom. The number of amides is 2. The van der Waals surface area contributed by atoms with E-state index in [9.17, 15) is 9.59 Å². The molecular weight excluding hydrogens is 376 g/mol. The maximum Gasteiger partial charge on any atom is 0.253 e. The Morgan fingerprint density at radius 2 is 1.50 bits per heavy atom. The van der Waals surface area contributed by atoms with Gasteiger partial charge in [0.25, 0.3) is 11.8 Å². The molecule has 0 aromatic heterocycles. The molecule has 2 saturated heterocycles. The highest BCUT2D eigenvalue weighted by atomic mass is 16.5. The first-order chi connectivity index (χ1) is 14.6. The van der Waals surface area contributed by atoms with Gasteiger partial charge in [-0.1, -0.05) is 17.7 Å². The molecule has 2 amide bonds. The van der Waals surface area contributed by atoms with Crippen molar-refractivity contribution in [2.45, 2.75) is 32.6 Å². The van der Waals surface area contributed by atoms with E-state index in [1.807, 2.05) is 65.3 Å². The van der Waals surface area contributed by atoms with Crippen LogP contribution in [0.3, 0.4) is 0 Å². The Morgan fingerprint density at radius 1 is 0.867 bits per heavy atom. The van der Waals surface area contributed by atoms with E-state index in [1.165, 1.54) is 0 Å². The molecule has 0 bridgehead atoms. The number of hydrogen-bond donors (Lipinski definition) is 0. The number of piperidine rings is 1. The largest absolute Gasteiger partial charge is 0.493 e. The molecule has 0 aliphatic carbocycles. The SMILES string of the molecule is Cc1cccc(C(=O)N2CCC(COc3ccc(C(=O)N4CCCC4)cc3)CC2)c1. The fourth-order valence-electron chi connectivity index (χ4n) is 4.27. The van der Waals surface area contributed by atoms with Crippen LogP contribution in [0.2, 0.25) is 0 Å². The zero-order chi connectivity index (χ0) is 20.9. The van der Waals surface area contributed by atoms with Gasteiger partial charge in [-0.2, -0.15) is 0 Å². The lowest BCUT2D eigenvalue weighted by Gasteiger charge is -2.32. The normalized spacial score (nSPS) is 17.2. The van der Waals surface area contributed by atoms with Crippen LogP contribution in [0.1, 0.15) is 52.0 Å². The lowest BCUT2D eigenvalue weighted by Crippen LogP contribution is -2.39. The molecule has 0 unspecified atom stereocenters. The van der Waals surface area contributed by atoms with E-state index in [2.05, 4.69) is 0 Å². The molecule has 2 aromatic rings. The highest BCUT2D eigenvalue weighted by Crippen LogP contribution is 2.22. The van der Waals surface area contributed by atoms with Gasteiger partial charge in [0.05, 0.1) is 6.61 Å². The summed E-state index contributed by atoms with van der Waals surface area (Å²) in [6.45, 7) is 5.92. The first-order valence-electron chi connectivity index (χ1n) is 11.0. The Balaban J connectivity index is 1.23. The molecule has 2 fully saturated rings. The topological polar surface area (TPSA) is 49.9 Å². The van der Waals surface area contributed by atoms with Crippen LogP contribution in [0.25, 0.3) is 0 Å². The molecule has 0 radical (unpaired) electrons. The highest BCUT2D eigenvalue weighted by molar-refractivity contribution is 5.95. The molecule has 0 spiro atoms. The molecule has 30 heavy (non-hydrogen) atoms. The van der Waals surface area contributed by atoms with Crippen LogP contribution in [-0.2, 0) is 0 Å². The summed E-state index contributed by atoms with van der Waals surface area (Å²) in [6, 6.07) is 15.3. The fourth-order valence-corrected chi connectivity index (χ4v) is 4.27. The van der Waals surface area contributed by atoms with Crippen LogP contribution in [0.4, 0.5) is 0 Å². The van der Waals surface area contributed by atoms with Crippen LogP contribution in [0.15, 0.2) is 48.5 Å². The maximum atomic E-state index is 12.7. The average molecular weight is 407 g/mol. The van der Waals surface area contributed by atoms with Gasteiger partial charge in [-0.05, 0) is 74.9 Å². The van der Waals surface area contributed by atoms with Crippen molar-refractivity contribution in [3.8, 4) is 5.75 Å². The summed E-state index contributed by atoms with van der Waals surface area (Å²) < 4.78 is 5.97. The van der Waals surface area contributed by atoms with Gasteiger partial charge in [0.1, 0.15) is 5.75 Å². The van der Waals surface area contributed by atoms with Crippen molar-refractivity contribution in [3.05, 3.63) is 65.2 Å². The molecule has 158 valence electrons. The van der Waals surface area contributed by atoms with Crippen molar-refractivity contribution < 1.29 is 14.3 Å². The molecule has 2 heterocycles. The molecule has 2 aliphatic heterocycles. The first kappa shape index (κ1) is 20.5. The highest BCUT2D eigenvalue weighted by Gasteiger charge is 2.24. The number of hydrogen-bond acceptors (Lipinski definition) is 3. The van der Waals surface area contributed by atoms with Crippen molar-refractivity contribution in [1.82, 2.24) is 9.80 Å². The second-order valence-electron chi connectivity index (χ2n) is 8.44. The minimum Gasteiger partial charge on any atom is -0.493 e. The van der Waals surface area contributed by atoms with E-state index in [0.29, 0.717) is 12.5 Å². The Kier molecular flexibility index (Phi) is 6.36. The van der Waals surface area contributed by atoms with Gasteiger partial charge in [0.2, 0.25) is 0 Å². The lowest BCUT2D eigenvalue weighted by atomic mass is 9.97. The van der Waals surface area contributed by atoms with Gasteiger partial charge in [-0.25, -0.2) is 0 Å². The molecular formula is C25H30N2O3. The van der Waals surface area contributed by atoms with Crippen molar-refractivity contribution in [3.63, 3.8) is 0 Å². The van der Waals surface area contributed by atoms with E-state index in [-0.39, 0.29) is 11.8 Å². The second kappa shape index (κ2) is 9.33. The molecule has 4 rings (SSSR count). The molecule has 2 aromatic carbocycles. The predicted molar refractivity (Wildman–Crippen MR) is 117 cm³/mol. The Bertz CT molecular complexity index is 880. The minimum atomic E-state index is 0.115. The van der Waals surface area contributed by atoms with E-state index in [0.717, 1.165) is 74.3 Å². The van der Waals surface area contributed by atoms with Crippen molar-refractivity contribution >= 4 is 11.8 Å². The Hall–Kier alpha value is -2.82. The van der Waals surface area contributed by atoms with Crippen LogP contribution in [0.5, 0.6) is 5.75 Å². The summed E-state index contributed by atoms with van der Waals surface area (Å²) in [4.78, 5) is 29.0. The van der Waals surface area contributed by atoms with Gasteiger partial charge >= 0.3 is 0 Å². The zero-order valence-electron chi connectivity index (χ0n) is 17.7. The van der Waals surface area contributed by atoms with Crippen LogP contribution >= 0.6 is 0 Å². The third-order valence-electron chi connectivity index (χ3n) is 6.15. The quantitative estimate of drug-likeness (QED) is 0.749. The molecule has 2 aliphatic rings. The molecule has 5 heteroatoms. The summed E-state index contributed by atoms with van der Waals surface area (Å²) in [5.41, 5.74) is 2.61. The van der Waals surface area contributed by atoms with Gasteiger partial charge in [0, 0.05) is 37.3 Å². The predicted octanol–water partition coefficient (Wildman–Crippen LogP) is 4.16. The number of ether oxygens (including phenoxy) is 1. The van der Waals surface area contributed by atoms with E-state index >= 15 is 0 Å². The Labute approximate surface area is 178 Å². The van der Waals surface area contributed by atoms with E-state index < -0.39 is 0 Å². The van der Waals surface area contributed by atoms with Crippen LogP contribution in [0, 0.1) is 12.8 Å². The van der Waals surface area contributed by atoms with Crippen LogP contribution < -0.4 is 4.74 Å². The average Bonchev–Trinajstić information content (AvgIpc) is 3.32. The third kappa shape index (κ3) is 4.84. The summed E-state index contributed by atoms with van der Waals surface area (Å²) in [6.07, 6.45) is 4.09. The third-order valence-corrected chi connectivity index (χ3v) is 6.15. The van der Waals surface area contributed by atoms with Gasteiger partial charge < -0.3 is 14.5 Å². The monoisotopic (exact) mass is 406 g/mol. The lowest BCUT2D eigenvalue weighted by molar-refractivity contribution is 0.0660.